The van der Waals surface area contributed by atoms with Gasteiger partial charge in [-0.25, -0.2) is 10.0 Å². The van der Waals surface area contributed by atoms with Gasteiger partial charge >= 0.3 is 0 Å². The molecule has 0 aliphatic carbocycles. The highest BCUT2D eigenvalue weighted by Crippen LogP contribution is 2.24. The van der Waals surface area contributed by atoms with Crippen molar-refractivity contribution >= 4 is 35.0 Å². The third-order valence-electron chi connectivity index (χ3n) is 6.75. The molecule has 4 amide bonds. The van der Waals surface area contributed by atoms with Crippen LogP contribution in [0.25, 0.3) is 0 Å². The summed E-state index contributed by atoms with van der Waals surface area (Å²) in [6, 6.07) is 18.3. The average Bonchev–Trinajstić information content (AvgIpc) is 3.64. The standard InChI is InChI=1S/2C13H16N2O2.2C4H10O.2C3H6.C2H6O2/c2*1-2-3-9-11-12(16)14-15(13(11)17)10-7-5-4-6-8-10;2*1-3-5-4-2;2*1-3-2;3-1-2-4/h2*4-8,11H,2-3,9H2,1H3,(H,14,16);2*3-4H2,1-2H3;2*3H,1H2,2H3;3-4H,1-2H2. The zero-order valence-corrected chi connectivity index (χ0v) is 34.2. The summed E-state index contributed by atoms with van der Waals surface area (Å²) < 4.78 is 9.67. The highest BCUT2D eigenvalue weighted by molar-refractivity contribution is 6.15. The molecule has 2 aromatic carbocycles. The summed E-state index contributed by atoms with van der Waals surface area (Å²) in [7, 11) is 0. The van der Waals surface area contributed by atoms with Crippen LogP contribution in [0.15, 0.2) is 86.0 Å². The summed E-state index contributed by atoms with van der Waals surface area (Å²) in [5.74, 6) is -1.70. The van der Waals surface area contributed by atoms with Gasteiger partial charge in [0.05, 0.1) is 24.6 Å². The zero-order valence-electron chi connectivity index (χ0n) is 34.2. The summed E-state index contributed by atoms with van der Waals surface area (Å²) in [6.07, 6.45) is 8.53. The van der Waals surface area contributed by atoms with E-state index in [0.29, 0.717) is 24.2 Å². The van der Waals surface area contributed by atoms with Gasteiger partial charge in [-0.05, 0) is 78.6 Å². The molecule has 306 valence electrons. The van der Waals surface area contributed by atoms with E-state index in [1.807, 2.05) is 91.8 Å². The summed E-state index contributed by atoms with van der Waals surface area (Å²) in [5, 5.41) is 17.9. The fraction of sp³-hybridized carbons (Fsp3) is 0.524. The number of allylic oxidation sites excluding steroid dienone is 2. The smallest absolute Gasteiger partial charge is 0.258 e. The van der Waals surface area contributed by atoms with E-state index in [1.165, 1.54) is 10.0 Å². The molecule has 0 spiro atoms. The van der Waals surface area contributed by atoms with Crippen molar-refractivity contribution in [3.05, 3.63) is 86.0 Å². The van der Waals surface area contributed by atoms with E-state index >= 15 is 0 Å². The van der Waals surface area contributed by atoms with Gasteiger partial charge < -0.3 is 19.7 Å². The number of benzene rings is 2. The molecule has 2 aliphatic heterocycles. The number of carbonyl (C=O) groups excluding carboxylic acids is 4. The van der Waals surface area contributed by atoms with E-state index < -0.39 is 11.8 Å². The molecule has 2 saturated heterocycles. The molecule has 4 N–H and O–H groups in total. The maximum atomic E-state index is 12.1. The normalized spacial score (nSPS) is 14.9. The van der Waals surface area contributed by atoms with Gasteiger partial charge in [0, 0.05) is 26.4 Å². The molecule has 2 aliphatic rings. The summed E-state index contributed by atoms with van der Waals surface area (Å²) in [5.41, 5.74) is 6.67. The van der Waals surface area contributed by atoms with Crippen LogP contribution in [0.4, 0.5) is 11.4 Å². The molecule has 0 saturated carbocycles. The number of nitrogens with zero attached hydrogens (tertiary/aromatic N) is 2. The summed E-state index contributed by atoms with van der Waals surface area (Å²) in [6.45, 7) is 25.7. The first-order valence-corrected chi connectivity index (χ1v) is 19.0. The van der Waals surface area contributed by atoms with Crippen LogP contribution in [-0.4, -0.2) is 73.5 Å². The molecular weight excluding hydrogens is 688 g/mol. The van der Waals surface area contributed by atoms with Crippen molar-refractivity contribution in [1.82, 2.24) is 10.9 Å². The number of carbonyl (C=O) groups is 4. The Kier molecular flexibility index (Phi) is 38.4. The second-order valence-corrected chi connectivity index (χ2v) is 11.2. The Balaban J connectivity index is -0.000000650. The van der Waals surface area contributed by atoms with Gasteiger partial charge in [-0.2, -0.15) is 0 Å². The van der Waals surface area contributed by atoms with E-state index in [4.69, 9.17) is 19.7 Å². The Hall–Kier alpha value is -4.36. The maximum absolute atomic E-state index is 12.1. The van der Waals surface area contributed by atoms with Crippen LogP contribution in [-0.2, 0) is 28.7 Å². The number of hydrogen-bond acceptors (Lipinski definition) is 8. The van der Waals surface area contributed by atoms with Crippen LogP contribution in [0.5, 0.6) is 0 Å². The number of aliphatic hydroxyl groups is 2. The maximum Gasteiger partial charge on any atom is 0.258 e. The predicted octanol–water partition coefficient (Wildman–Crippen LogP) is 7.18. The third kappa shape index (κ3) is 24.8. The van der Waals surface area contributed by atoms with Gasteiger partial charge in [-0.3, -0.25) is 30.0 Å². The largest absolute Gasteiger partial charge is 0.394 e. The van der Waals surface area contributed by atoms with Crippen LogP contribution in [0, 0.1) is 11.8 Å². The number of rotatable bonds is 13. The van der Waals surface area contributed by atoms with Gasteiger partial charge in [-0.1, -0.05) is 88.1 Å². The van der Waals surface area contributed by atoms with E-state index in [0.717, 1.165) is 52.1 Å². The van der Waals surface area contributed by atoms with E-state index in [9.17, 15) is 19.2 Å². The minimum absolute atomic E-state index is 0.125. The van der Waals surface area contributed by atoms with E-state index in [-0.39, 0.29) is 36.8 Å². The monoisotopic (exact) mass is 759 g/mol. The summed E-state index contributed by atoms with van der Waals surface area (Å²) in [4.78, 5) is 47.5. The van der Waals surface area contributed by atoms with Crippen LogP contribution < -0.4 is 20.9 Å². The number of hydrazine groups is 2. The predicted molar refractivity (Wildman–Crippen MR) is 220 cm³/mol. The van der Waals surface area contributed by atoms with Crippen LogP contribution in [0.3, 0.4) is 0 Å². The van der Waals surface area contributed by atoms with Gasteiger partial charge in [-0.15, -0.1) is 13.2 Å². The van der Waals surface area contributed by atoms with Crippen molar-refractivity contribution in [2.24, 2.45) is 11.8 Å². The number of ether oxygens (including phenoxy) is 2. The number of aliphatic hydroxyl groups excluding tert-OH is 2. The van der Waals surface area contributed by atoms with Crippen molar-refractivity contribution in [2.75, 3.05) is 49.7 Å². The second-order valence-electron chi connectivity index (χ2n) is 11.2. The molecule has 0 aromatic heterocycles. The Morgan fingerprint density at radius 2 is 0.870 bits per heavy atom. The van der Waals surface area contributed by atoms with Crippen LogP contribution >= 0.6 is 0 Å². The highest BCUT2D eigenvalue weighted by atomic mass is 16.5. The fourth-order valence-corrected chi connectivity index (χ4v) is 4.29. The molecule has 2 aromatic rings. The average molecular weight is 759 g/mol. The first kappa shape index (κ1) is 54.0. The number of anilines is 2. The number of hydrogen-bond donors (Lipinski definition) is 4. The lowest BCUT2D eigenvalue weighted by Gasteiger charge is -2.14. The van der Waals surface area contributed by atoms with Gasteiger partial charge in [0.25, 0.3) is 23.6 Å². The number of para-hydroxylation sites is 2. The van der Waals surface area contributed by atoms with E-state index in [2.05, 4.69) is 24.0 Å². The molecule has 4 rings (SSSR count). The SMILES string of the molecule is C=CC.C=CC.CCCCC1C(=O)NN(c2ccccc2)C1=O.CCCCC1C(=O)NN(c2ccccc2)C1=O.CCOCC.CCOCC.OCCO. The second kappa shape index (κ2) is 38.4. The molecule has 12 nitrogen and oxygen atoms in total. The molecule has 2 fully saturated rings. The molecule has 2 atom stereocenters. The van der Waals surface area contributed by atoms with E-state index in [1.54, 1.807) is 36.4 Å². The quantitative estimate of drug-likeness (QED) is 0.124. The minimum Gasteiger partial charge on any atom is -0.394 e. The van der Waals surface area contributed by atoms with Crippen molar-refractivity contribution < 1.29 is 38.9 Å². The Morgan fingerprint density at radius 1 is 0.593 bits per heavy atom. The Bertz CT molecular complexity index is 1130. The molecule has 0 radical (unpaired) electrons. The Labute approximate surface area is 325 Å². The van der Waals surface area contributed by atoms with Crippen LogP contribution in [0.1, 0.15) is 93.9 Å². The number of amides is 4. The van der Waals surface area contributed by atoms with Crippen molar-refractivity contribution in [3.63, 3.8) is 0 Å². The van der Waals surface area contributed by atoms with Gasteiger partial charge in [0.2, 0.25) is 0 Å². The zero-order chi connectivity index (χ0) is 41.6. The molecular formula is C42H70N4O8. The van der Waals surface area contributed by atoms with Gasteiger partial charge in [0.15, 0.2) is 0 Å². The number of unbranched alkanes of at least 4 members (excludes halogenated alkanes) is 2. The molecule has 2 heterocycles. The first-order chi connectivity index (χ1) is 26.0. The van der Waals surface area contributed by atoms with Crippen molar-refractivity contribution in [2.45, 2.75) is 93.9 Å². The van der Waals surface area contributed by atoms with Gasteiger partial charge in [0.1, 0.15) is 11.8 Å². The lowest BCUT2D eigenvalue weighted by Crippen LogP contribution is -2.35. The van der Waals surface area contributed by atoms with Crippen molar-refractivity contribution in [1.29, 1.82) is 0 Å². The highest BCUT2D eigenvalue weighted by Gasteiger charge is 2.40. The molecule has 54 heavy (non-hydrogen) atoms. The molecule has 12 heteroatoms. The van der Waals surface area contributed by atoms with Crippen molar-refractivity contribution in [3.8, 4) is 0 Å². The lowest BCUT2D eigenvalue weighted by molar-refractivity contribution is -0.129. The number of nitrogens with one attached hydrogen (secondary N) is 2. The van der Waals surface area contributed by atoms with Crippen LogP contribution in [0.2, 0.25) is 0 Å². The Morgan fingerprint density at radius 3 is 1.07 bits per heavy atom. The molecule has 0 bridgehead atoms. The summed E-state index contributed by atoms with van der Waals surface area (Å²) >= 11 is 0. The topological polar surface area (TPSA) is 158 Å². The minimum atomic E-state index is -0.518. The lowest BCUT2D eigenvalue weighted by atomic mass is 10.0. The third-order valence-corrected chi connectivity index (χ3v) is 6.75. The fourth-order valence-electron chi connectivity index (χ4n) is 4.29. The first-order valence-electron chi connectivity index (χ1n) is 19.0. The molecule has 2 unspecified atom stereocenters.